The van der Waals surface area contributed by atoms with Gasteiger partial charge >= 0.3 is 6.03 Å². The zero-order valence-electron chi connectivity index (χ0n) is 10.1. The number of amides is 3. The molecule has 0 bridgehead atoms. The maximum atomic E-state index is 12.1. The molecule has 0 radical (unpaired) electrons. The standard InChI is InChI=1S/C11H19N3O2/c1-4-7-5-6-8-9(13(2)10(7)15)14(3)11(16)12-8/h7-9H,4-6H2,1-3H3,(H,12,16). The average molecular weight is 225 g/mol. The second-order valence-corrected chi connectivity index (χ2v) is 4.71. The molecule has 2 heterocycles. The second-order valence-electron chi connectivity index (χ2n) is 4.71. The Balaban J connectivity index is 2.24. The van der Waals surface area contributed by atoms with Crippen molar-refractivity contribution in [2.45, 2.75) is 38.4 Å². The highest BCUT2D eigenvalue weighted by Crippen LogP contribution is 2.28. The molecule has 5 heteroatoms. The van der Waals surface area contributed by atoms with E-state index in [1.165, 1.54) is 0 Å². The van der Waals surface area contributed by atoms with Crippen LogP contribution in [0.5, 0.6) is 0 Å². The van der Waals surface area contributed by atoms with Crippen LogP contribution in [0.4, 0.5) is 4.79 Å². The zero-order valence-corrected chi connectivity index (χ0v) is 10.1. The quantitative estimate of drug-likeness (QED) is 0.711. The summed E-state index contributed by atoms with van der Waals surface area (Å²) in [7, 11) is 3.54. The summed E-state index contributed by atoms with van der Waals surface area (Å²) in [5.41, 5.74) is 0. The summed E-state index contributed by atoms with van der Waals surface area (Å²) < 4.78 is 0. The number of carbonyl (C=O) groups is 2. The van der Waals surface area contributed by atoms with Gasteiger partial charge in [-0.05, 0) is 19.3 Å². The van der Waals surface area contributed by atoms with Crippen LogP contribution in [0, 0.1) is 5.92 Å². The van der Waals surface area contributed by atoms with E-state index in [9.17, 15) is 9.59 Å². The van der Waals surface area contributed by atoms with Crippen LogP contribution in [0.1, 0.15) is 26.2 Å². The number of likely N-dealkylation sites (tertiary alicyclic amines) is 1. The molecule has 16 heavy (non-hydrogen) atoms. The highest BCUT2D eigenvalue weighted by Gasteiger charge is 2.44. The highest BCUT2D eigenvalue weighted by molar-refractivity contribution is 5.82. The van der Waals surface area contributed by atoms with Crippen molar-refractivity contribution in [3.05, 3.63) is 0 Å². The summed E-state index contributed by atoms with van der Waals surface area (Å²) >= 11 is 0. The fourth-order valence-corrected chi connectivity index (χ4v) is 2.78. The summed E-state index contributed by atoms with van der Waals surface area (Å²) in [6.45, 7) is 2.04. The molecule has 1 N–H and O–H groups in total. The van der Waals surface area contributed by atoms with Crippen molar-refractivity contribution >= 4 is 11.9 Å². The summed E-state index contributed by atoms with van der Waals surface area (Å²) in [5.74, 6) is 0.277. The van der Waals surface area contributed by atoms with Crippen molar-refractivity contribution in [1.82, 2.24) is 15.1 Å². The molecule has 0 aliphatic carbocycles. The Morgan fingerprint density at radius 2 is 1.94 bits per heavy atom. The SMILES string of the molecule is CCC1CCC2NC(=O)N(C)C2N(C)C1=O. The first-order valence-corrected chi connectivity index (χ1v) is 5.86. The van der Waals surface area contributed by atoms with Crippen LogP contribution < -0.4 is 5.32 Å². The van der Waals surface area contributed by atoms with Crippen molar-refractivity contribution in [2.24, 2.45) is 5.92 Å². The smallest absolute Gasteiger partial charge is 0.319 e. The Kier molecular flexibility index (Phi) is 2.78. The zero-order chi connectivity index (χ0) is 11.9. The second kappa shape index (κ2) is 3.96. The third-order valence-corrected chi connectivity index (χ3v) is 3.80. The molecule has 5 nitrogen and oxygen atoms in total. The first-order valence-electron chi connectivity index (χ1n) is 5.86. The molecule has 2 aliphatic rings. The Morgan fingerprint density at radius 3 is 2.56 bits per heavy atom. The summed E-state index contributed by atoms with van der Waals surface area (Å²) in [5, 5.41) is 2.93. The van der Waals surface area contributed by atoms with Crippen molar-refractivity contribution in [3.63, 3.8) is 0 Å². The van der Waals surface area contributed by atoms with Gasteiger partial charge in [0.2, 0.25) is 5.91 Å². The van der Waals surface area contributed by atoms with Gasteiger partial charge in [-0.1, -0.05) is 6.92 Å². The number of hydrogen-bond acceptors (Lipinski definition) is 2. The molecule has 0 aromatic rings. The number of nitrogens with one attached hydrogen (secondary N) is 1. The predicted octanol–water partition coefficient (Wildman–Crippen LogP) is 0.614. The lowest BCUT2D eigenvalue weighted by atomic mass is 9.99. The van der Waals surface area contributed by atoms with E-state index in [4.69, 9.17) is 0 Å². The summed E-state index contributed by atoms with van der Waals surface area (Å²) in [6.07, 6.45) is 2.52. The van der Waals surface area contributed by atoms with Gasteiger partial charge in [0.15, 0.2) is 0 Å². The van der Waals surface area contributed by atoms with Gasteiger partial charge in [0.05, 0.1) is 6.04 Å². The van der Waals surface area contributed by atoms with E-state index in [1.54, 1.807) is 23.9 Å². The Bertz CT molecular complexity index is 318. The van der Waals surface area contributed by atoms with E-state index in [0.29, 0.717) is 0 Å². The van der Waals surface area contributed by atoms with Crippen molar-refractivity contribution in [1.29, 1.82) is 0 Å². The van der Waals surface area contributed by atoms with Crippen LogP contribution in [0.15, 0.2) is 0 Å². The molecule has 2 rings (SSSR count). The molecule has 0 aromatic heterocycles. The van der Waals surface area contributed by atoms with E-state index in [1.807, 2.05) is 6.92 Å². The molecule has 0 spiro atoms. The largest absolute Gasteiger partial charge is 0.331 e. The Labute approximate surface area is 95.8 Å². The van der Waals surface area contributed by atoms with Crippen LogP contribution in [0.25, 0.3) is 0 Å². The molecule has 3 amide bonds. The number of hydrogen-bond donors (Lipinski definition) is 1. The van der Waals surface area contributed by atoms with E-state index >= 15 is 0 Å². The lowest BCUT2D eigenvalue weighted by Gasteiger charge is -2.31. The first kappa shape index (κ1) is 11.2. The number of fused-ring (bicyclic) bond motifs is 1. The lowest BCUT2D eigenvalue weighted by molar-refractivity contribution is -0.137. The molecule has 3 unspecified atom stereocenters. The van der Waals surface area contributed by atoms with Gasteiger partial charge in [-0.15, -0.1) is 0 Å². The first-order chi connectivity index (χ1) is 7.56. The number of carbonyl (C=O) groups excluding carboxylic acids is 2. The fourth-order valence-electron chi connectivity index (χ4n) is 2.78. The summed E-state index contributed by atoms with van der Waals surface area (Å²) in [4.78, 5) is 27.0. The van der Waals surface area contributed by atoms with E-state index in [2.05, 4.69) is 5.32 Å². The summed E-state index contributed by atoms with van der Waals surface area (Å²) in [6, 6.07) is 0.00704. The van der Waals surface area contributed by atoms with Gasteiger partial charge in [-0.2, -0.15) is 0 Å². The monoisotopic (exact) mass is 225 g/mol. The van der Waals surface area contributed by atoms with Crippen molar-refractivity contribution < 1.29 is 9.59 Å². The highest BCUT2D eigenvalue weighted by atomic mass is 16.2. The molecule has 2 fully saturated rings. The van der Waals surface area contributed by atoms with Crippen LogP contribution in [-0.4, -0.2) is 48.0 Å². The maximum absolute atomic E-state index is 12.1. The molecular formula is C11H19N3O2. The fraction of sp³-hybridized carbons (Fsp3) is 0.818. The Hall–Kier alpha value is -1.26. The van der Waals surface area contributed by atoms with Crippen LogP contribution >= 0.6 is 0 Å². The molecule has 0 saturated carbocycles. The average Bonchev–Trinajstić information content (AvgIpc) is 2.48. The molecule has 0 aromatic carbocycles. The minimum atomic E-state index is -0.114. The van der Waals surface area contributed by atoms with Crippen LogP contribution in [-0.2, 0) is 4.79 Å². The van der Waals surface area contributed by atoms with Gasteiger partial charge in [-0.25, -0.2) is 4.79 Å². The molecule has 2 saturated heterocycles. The Morgan fingerprint density at radius 1 is 1.25 bits per heavy atom. The topological polar surface area (TPSA) is 52.7 Å². The number of urea groups is 1. The number of nitrogens with zero attached hydrogens (tertiary/aromatic N) is 2. The van der Waals surface area contributed by atoms with Gasteiger partial charge in [0.1, 0.15) is 6.17 Å². The molecular weight excluding hydrogens is 206 g/mol. The normalized spacial score (nSPS) is 34.8. The number of likely N-dealkylation sites (N-methyl/N-ethyl adjacent to an activating group) is 2. The van der Waals surface area contributed by atoms with Crippen LogP contribution in [0.2, 0.25) is 0 Å². The van der Waals surface area contributed by atoms with Crippen LogP contribution in [0.3, 0.4) is 0 Å². The van der Waals surface area contributed by atoms with E-state index in [0.717, 1.165) is 19.3 Å². The van der Waals surface area contributed by atoms with Crippen molar-refractivity contribution in [2.75, 3.05) is 14.1 Å². The van der Waals surface area contributed by atoms with Gasteiger partial charge in [0, 0.05) is 20.0 Å². The van der Waals surface area contributed by atoms with Gasteiger partial charge in [-0.3, -0.25) is 4.79 Å². The third kappa shape index (κ3) is 1.54. The van der Waals surface area contributed by atoms with Gasteiger partial charge in [0.25, 0.3) is 0 Å². The van der Waals surface area contributed by atoms with Crippen molar-refractivity contribution in [3.8, 4) is 0 Å². The predicted molar refractivity (Wildman–Crippen MR) is 59.7 cm³/mol. The van der Waals surface area contributed by atoms with E-state index in [-0.39, 0.29) is 30.1 Å². The molecule has 90 valence electrons. The third-order valence-electron chi connectivity index (χ3n) is 3.80. The van der Waals surface area contributed by atoms with E-state index < -0.39 is 0 Å². The number of rotatable bonds is 1. The maximum Gasteiger partial charge on any atom is 0.319 e. The minimum Gasteiger partial charge on any atom is -0.331 e. The van der Waals surface area contributed by atoms with Gasteiger partial charge < -0.3 is 15.1 Å². The minimum absolute atomic E-state index is 0.0791. The molecule has 2 aliphatic heterocycles. The molecule has 3 atom stereocenters. The lowest BCUT2D eigenvalue weighted by Crippen LogP contribution is -2.49.